The fourth-order valence-corrected chi connectivity index (χ4v) is 4.16. The highest BCUT2D eigenvalue weighted by atomic mass is 16.7. The minimum absolute atomic E-state index is 0.00499. The van der Waals surface area contributed by atoms with Gasteiger partial charge in [-0.3, -0.25) is 4.79 Å². The van der Waals surface area contributed by atoms with Gasteiger partial charge in [-0.25, -0.2) is 0 Å². The van der Waals surface area contributed by atoms with Gasteiger partial charge in [-0.15, -0.1) is 0 Å². The lowest BCUT2D eigenvalue weighted by atomic mass is 9.94. The Labute approximate surface area is 148 Å². The zero-order valence-electron chi connectivity index (χ0n) is 14.6. The number of carbonyl (C=O) groups is 1. The van der Waals surface area contributed by atoms with Crippen molar-refractivity contribution in [2.24, 2.45) is 0 Å². The van der Waals surface area contributed by atoms with Gasteiger partial charge in [-0.2, -0.15) is 0 Å². The van der Waals surface area contributed by atoms with Crippen molar-refractivity contribution in [3.63, 3.8) is 0 Å². The Morgan fingerprint density at radius 1 is 1.16 bits per heavy atom. The monoisotopic (exact) mass is 343 g/mol. The lowest BCUT2D eigenvalue weighted by Crippen LogP contribution is -2.50. The molecule has 1 unspecified atom stereocenters. The average Bonchev–Trinajstić information content (AvgIpc) is 3.05. The number of nitrogens with zero attached hydrogens (tertiary/aromatic N) is 1. The molecule has 1 saturated heterocycles. The Balaban J connectivity index is 1.56. The molecule has 1 saturated carbocycles. The molecule has 5 heteroatoms. The number of methoxy groups -OCH3 is 1. The minimum Gasteiger partial charge on any atom is -0.497 e. The molecule has 2 fully saturated rings. The number of rotatable bonds is 3. The normalized spacial score (nSPS) is 28.5. The fraction of sp³-hybridized carbons (Fsp3) is 0.550. The van der Waals surface area contributed by atoms with Crippen molar-refractivity contribution in [3.05, 3.63) is 36.4 Å². The van der Waals surface area contributed by atoms with Crippen molar-refractivity contribution in [2.45, 2.75) is 56.5 Å². The van der Waals surface area contributed by atoms with Crippen molar-refractivity contribution >= 4 is 11.6 Å². The molecule has 2 heterocycles. The van der Waals surface area contributed by atoms with Crippen molar-refractivity contribution in [3.8, 4) is 5.75 Å². The summed E-state index contributed by atoms with van der Waals surface area (Å²) in [6, 6.07) is 7.58. The second kappa shape index (κ2) is 6.81. The summed E-state index contributed by atoms with van der Waals surface area (Å²) < 4.78 is 17.7. The first-order chi connectivity index (χ1) is 12.2. The summed E-state index contributed by atoms with van der Waals surface area (Å²) >= 11 is 0. The second-order valence-corrected chi connectivity index (χ2v) is 7.05. The predicted octanol–water partition coefficient (Wildman–Crippen LogP) is 3.43. The Bertz CT molecular complexity index is 648. The van der Waals surface area contributed by atoms with Gasteiger partial charge < -0.3 is 19.1 Å². The van der Waals surface area contributed by atoms with Gasteiger partial charge in [-0.1, -0.05) is 12.5 Å². The standard InChI is InChI=1S/C20H25NO4/c1-23-16-10-8-15(9-11-16)21-17(6-5-7-19(21)22)18-14-24-20(25-18)12-3-2-4-13-20/h5,7-11,17-18H,2-4,6,12-14H2,1H3/t17?,18-/m1/s1. The lowest BCUT2D eigenvalue weighted by molar-refractivity contribution is -0.188. The van der Waals surface area contributed by atoms with Crippen molar-refractivity contribution in [1.29, 1.82) is 0 Å². The van der Waals surface area contributed by atoms with E-state index in [0.29, 0.717) is 6.61 Å². The van der Waals surface area contributed by atoms with Gasteiger partial charge in [0.2, 0.25) is 0 Å². The molecule has 1 aliphatic carbocycles. The number of ether oxygens (including phenoxy) is 3. The van der Waals surface area contributed by atoms with E-state index in [1.54, 1.807) is 13.2 Å². The van der Waals surface area contributed by atoms with Gasteiger partial charge in [0.1, 0.15) is 11.9 Å². The van der Waals surface area contributed by atoms with E-state index in [0.717, 1.165) is 43.5 Å². The summed E-state index contributed by atoms with van der Waals surface area (Å²) in [6.45, 7) is 0.554. The minimum atomic E-state index is -0.418. The van der Waals surface area contributed by atoms with Crippen LogP contribution in [0.2, 0.25) is 0 Å². The summed E-state index contributed by atoms with van der Waals surface area (Å²) in [6.07, 6.45) is 9.76. The molecule has 1 aromatic carbocycles. The van der Waals surface area contributed by atoms with E-state index in [1.807, 2.05) is 35.2 Å². The van der Waals surface area contributed by atoms with E-state index < -0.39 is 5.79 Å². The topological polar surface area (TPSA) is 48.0 Å². The summed E-state index contributed by atoms with van der Waals surface area (Å²) in [7, 11) is 1.64. The number of hydrogen-bond acceptors (Lipinski definition) is 4. The van der Waals surface area contributed by atoms with Crippen LogP contribution >= 0.6 is 0 Å². The summed E-state index contributed by atoms with van der Waals surface area (Å²) in [5.74, 6) is 0.357. The van der Waals surface area contributed by atoms with E-state index in [2.05, 4.69) is 0 Å². The molecule has 1 aromatic rings. The Kier molecular flexibility index (Phi) is 4.52. The maximum Gasteiger partial charge on any atom is 0.251 e. The first-order valence-corrected chi connectivity index (χ1v) is 9.16. The third-order valence-corrected chi connectivity index (χ3v) is 5.48. The highest BCUT2D eigenvalue weighted by molar-refractivity contribution is 6.03. The molecular weight excluding hydrogens is 318 g/mol. The number of amides is 1. The molecule has 134 valence electrons. The van der Waals surface area contributed by atoms with E-state index in [4.69, 9.17) is 14.2 Å². The largest absolute Gasteiger partial charge is 0.497 e. The number of carbonyl (C=O) groups excluding carboxylic acids is 1. The average molecular weight is 343 g/mol. The SMILES string of the molecule is COc1ccc(N2C(=O)C=CCC2[C@H]2COC3(CCCCC3)O2)cc1. The maximum atomic E-state index is 12.6. The first-order valence-electron chi connectivity index (χ1n) is 9.16. The van der Waals surface area contributed by atoms with Gasteiger partial charge in [0, 0.05) is 18.5 Å². The molecule has 0 aromatic heterocycles. The van der Waals surface area contributed by atoms with Gasteiger partial charge >= 0.3 is 0 Å². The van der Waals surface area contributed by atoms with Crippen molar-refractivity contribution < 1.29 is 19.0 Å². The molecule has 25 heavy (non-hydrogen) atoms. The van der Waals surface area contributed by atoms with Crippen LogP contribution in [0.25, 0.3) is 0 Å². The molecule has 2 atom stereocenters. The van der Waals surface area contributed by atoms with E-state index in [-0.39, 0.29) is 18.1 Å². The molecule has 1 spiro atoms. The third kappa shape index (κ3) is 3.18. The molecule has 3 aliphatic rings. The van der Waals surface area contributed by atoms with Crippen LogP contribution in [0.4, 0.5) is 5.69 Å². The van der Waals surface area contributed by atoms with E-state index in [1.165, 1.54) is 6.42 Å². The zero-order chi connectivity index (χ0) is 17.3. The number of benzene rings is 1. The van der Waals surface area contributed by atoms with Crippen LogP contribution in [0.5, 0.6) is 5.75 Å². The Morgan fingerprint density at radius 3 is 2.64 bits per heavy atom. The zero-order valence-corrected chi connectivity index (χ0v) is 14.6. The van der Waals surface area contributed by atoms with Crippen LogP contribution in [0, 0.1) is 0 Å². The summed E-state index contributed by atoms with van der Waals surface area (Å²) in [4.78, 5) is 14.4. The molecule has 1 amide bonds. The molecule has 4 rings (SSSR count). The maximum absolute atomic E-state index is 12.6. The van der Waals surface area contributed by atoms with Crippen molar-refractivity contribution in [1.82, 2.24) is 0 Å². The molecule has 0 bridgehead atoms. The van der Waals surface area contributed by atoms with Crippen LogP contribution < -0.4 is 9.64 Å². The highest BCUT2D eigenvalue weighted by Gasteiger charge is 2.47. The molecular formula is C20H25NO4. The van der Waals surface area contributed by atoms with Crippen LogP contribution in [-0.4, -0.2) is 37.6 Å². The molecule has 2 aliphatic heterocycles. The van der Waals surface area contributed by atoms with Gasteiger partial charge in [0.25, 0.3) is 5.91 Å². The van der Waals surface area contributed by atoms with Gasteiger partial charge in [0.15, 0.2) is 5.79 Å². The second-order valence-electron chi connectivity index (χ2n) is 7.05. The summed E-state index contributed by atoms with van der Waals surface area (Å²) in [5.41, 5.74) is 0.869. The van der Waals surface area contributed by atoms with Crippen LogP contribution in [-0.2, 0) is 14.3 Å². The third-order valence-electron chi connectivity index (χ3n) is 5.48. The predicted molar refractivity (Wildman–Crippen MR) is 94.7 cm³/mol. The van der Waals surface area contributed by atoms with Crippen LogP contribution in [0.1, 0.15) is 38.5 Å². The van der Waals surface area contributed by atoms with E-state index >= 15 is 0 Å². The van der Waals surface area contributed by atoms with Crippen LogP contribution in [0.15, 0.2) is 36.4 Å². The summed E-state index contributed by atoms with van der Waals surface area (Å²) in [5, 5.41) is 0. The van der Waals surface area contributed by atoms with E-state index in [9.17, 15) is 4.79 Å². The number of anilines is 1. The van der Waals surface area contributed by atoms with Gasteiger partial charge in [-0.05, 0) is 49.6 Å². The molecule has 0 N–H and O–H groups in total. The quantitative estimate of drug-likeness (QED) is 0.844. The number of hydrogen-bond donors (Lipinski definition) is 0. The Hall–Kier alpha value is -1.85. The van der Waals surface area contributed by atoms with Crippen LogP contribution in [0.3, 0.4) is 0 Å². The molecule has 5 nitrogen and oxygen atoms in total. The van der Waals surface area contributed by atoms with Gasteiger partial charge in [0.05, 0.1) is 19.8 Å². The van der Waals surface area contributed by atoms with Crippen molar-refractivity contribution in [2.75, 3.05) is 18.6 Å². The smallest absolute Gasteiger partial charge is 0.251 e. The fourth-order valence-electron chi connectivity index (χ4n) is 4.16. The Morgan fingerprint density at radius 2 is 1.92 bits per heavy atom. The highest BCUT2D eigenvalue weighted by Crippen LogP contribution is 2.40. The lowest BCUT2D eigenvalue weighted by Gasteiger charge is -2.37. The first kappa shape index (κ1) is 16.6. The molecule has 0 radical (unpaired) electrons.